The molecule has 0 radical (unpaired) electrons. The van der Waals surface area contributed by atoms with Gasteiger partial charge in [0.05, 0.1) is 18.1 Å². The van der Waals surface area contributed by atoms with Crippen LogP contribution in [-0.4, -0.2) is 12.0 Å². The Morgan fingerprint density at radius 3 is 2.64 bits per heavy atom. The highest BCUT2D eigenvalue weighted by atomic mass is 79.9. The molecule has 0 fully saturated rings. The second-order valence-corrected chi connectivity index (χ2v) is 3.30. The average Bonchev–Trinajstić information content (AvgIpc) is 2.13. The average molecular weight is 263 g/mol. The lowest BCUT2D eigenvalue weighted by molar-refractivity contribution is -0.625. The largest absolute Gasteiger partial charge is 0.618 e. The van der Waals surface area contributed by atoms with E-state index in [1.807, 2.05) is 0 Å². The third-order valence-corrected chi connectivity index (χ3v) is 2.35. The predicted octanol–water partition coefficient (Wildman–Crippen LogP) is 1.31. The number of nitrogens with zero attached hydrogens (tertiary/aromatic N) is 2. The van der Waals surface area contributed by atoms with E-state index in [1.165, 1.54) is 14.0 Å². The normalized spacial score (nSPS) is 9.93. The van der Waals surface area contributed by atoms with E-state index in [0.29, 0.717) is 4.73 Å². The van der Waals surface area contributed by atoms with E-state index < -0.39 is 4.92 Å². The lowest BCUT2D eigenvalue weighted by Gasteiger charge is -2.06. The quantitative estimate of drug-likeness (QED) is 0.265. The van der Waals surface area contributed by atoms with Crippen LogP contribution < -0.4 is 9.47 Å². The van der Waals surface area contributed by atoms with E-state index in [1.54, 1.807) is 0 Å². The molecule has 0 N–H and O–H groups in total. The van der Waals surface area contributed by atoms with Crippen molar-refractivity contribution in [1.82, 2.24) is 0 Å². The maximum absolute atomic E-state index is 11.3. The van der Waals surface area contributed by atoms with Gasteiger partial charge < -0.3 is 9.94 Å². The fraction of sp³-hybridized carbons (Fsp3) is 0.286. The van der Waals surface area contributed by atoms with Gasteiger partial charge in [0, 0.05) is 22.9 Å². The Kier molecular flexibility index (Phi) is 2.90. The van der Waals surface area contributed by atoms with Gasteiger partial charge in [0.1, 0.15) is 0 Å². The molecule has 0 unspecified atom stereocenters. The fourth-order valence-electron chi connectivity index (χ4n) is 0.999. The minimum Gasteiger partial charge on any atom is -0.618 e. The van der Waals surface area contributed by atoms with Crippen LogP contribution in [-0.2, 0) is 0 Å². The van der Waals surface area contributed by atoms with Gasteiger partial charge in [-0.15, -0.1) is 0 Å². The van der Waals surface area contributed by atoms with Gasteiger partial charge in [0.25, 0.3) is 5.75 Å². The molecule has 6 nitrogen and oxygen atoms in total. The molecular weight excluding hydrogens is 256 g/mol. The molecule has 0 spiro atoms. The molecule has 0 saturated carbocycles. The predicted molar refractivity (Wildman–Crippen MR) is 51.0 cm³/mol. The molecule has 0 amide bonds. The van der Waals surface area contributed by atoms with Crippen molar-refractivity contribution in [1.29, 1.82) is 0 Å². The summed E-state index contributed by atoms with van der Waals surface area (Å²) in [5, 5.41) is 21.9. The number of aryl methyl sites for hydroxylation is 1. The number of pyridine rings is 1. The number of aromatic nitrogens is 1. The molecule has 0 aliphatic rings. The molecular formula is C7H7BrN2O4. The van der Waals surface area contributed by atoms with Gasteiger partial charge in [-0.1, -0.05) is 0 Å². The summed E-state index contributed by atoms with van der Waals surface area (Å²) < 4.78 is 5.29. The Balaban J connectivity index is 3.51. The van der Waals surface area contributed by atoms with Crippen LogP contribution in [0.15, 0.2) is 10.7 Å². The number of rotatable bonds is 2. The number of ether oxygens (including phenoxy) is 1. The molecule has 1 aromatic rings. The van der Waals surface area contributed by atoms with Crippen LogP contribution in [0.25, 0.3) is 0 Å². The number of hydrogen-bond acceptors (Lipinski definition) is 4. The summed E-state index contributed by atoms with van der Waals surface area (Å²) in [6.07, 6.45) is 0. The lowest BCUT2D eigenvalue weighted by Crippen LogP contribution is -2.32. The SMILES string of the molecule is COc1c([N+](=O)[O-])cc(C)[n+]([O-])c1Br. The van der Waals surface area contributed by atoms with E-state index in [4.69, 9.17) is 4.74 Å². The summed E-state index contributed by atoms with van der Waals surface area (Å²) in [5.74, 6) is -0.0735. The number of hydrogen-bond donors (Lipinski definition) is 0. The minimum atomic E-state index is -0.601. The topological polar surface area (TPSA) is 79.3 Å². The van der Waals surface area contributed by atoms with E-state index >= 15 is 0 Å². The molecule has 1 heterocycles. The molecule has 1 rings (SSSR count). The van der Waals surface area contributed by atoms with Crippen LogP contribution in [0.1, 0.15) is 5.69 Å². The fourth-order valence-corrected chi connectivity index (χ4v) is 1.64. The van der Waals surface area contributed by atoms with Crippen LogP contribution in [0.4, 0.5) is 5.69 Å². The van der Waals surface area contributed by atoms with Crippen molar-refractivity contribution in [2.24, 2.45) is 0 Å². The Labute approximate surface area is 88.0 Å². The first-order chi connectivity index (χ1) is 6.49. The van der Waals surface area contributed by atoms with Gasteiger partial charge in [0.2, 0.25) is 0 Å². The highest BCUT2D eigenvalue weighted by Crippen LogP contribution is 2.32. The summed E-state index contributed by atoms with van der Waals surface area (Å²) in [6, 6.07) is 1.16. The van der Waals surface area contributed by atoms with Crippen LogP contribution in [0.5, 0.6) is 5.75 Å². The van der Waals surface area contributed by atoms with Crippen LogP contribution in [0, 0.1) is 22.2 Å². The molecule has 0 saturated heterocycles. The molecule has 7 heteroatoms. The molecule has 14 heavy (non-hydrogen) atoms. The van der Waals surface area contributed by atoms with Gasteiger partial charge in [-0.05, 0) is 0 Å². The standard InChI is InChI=1S/C7H7BrN2O4/c1-4-3-5(10(12)13)6(14-2)7(8)9(4)11/h3H,1-2H3. The molecule has 76 valence electrons. The monoisotopic (exact) mass is 262 g/mol. The highest BCUT2D eigenvalue weighted by Gasteiger charge is 2.26. The summed E-state index contributed by atoms with van der Waals surface area (Å²) in [6.45, 7) is 1.48. The number of methoxy groups -OCH3 is 1. The first kappa shape index (κ1) is 10.7. The van der Waals surface area contributed by atoms with Crippen LogP contribution in [0.2, 0.25) is 0 Å². The van der Waals surface area contributed by atoms with Crippen LogP contribution >= 0.6 is 15.9 Å². The first-order valence-electron chi connectivity index (χ1n) is 3.60. The van der Waals surface area contributed by atoms with Crippen molar-refractivity contribution in [3.63, 3.8) is 0 Å². The van der Waals surface area contributed by atoms with Gasteiger partial charge in [-0.2, -0.15) is 4.73 Å². The van der Waals surface area contributed by atoms with E-state index in [9.17, 15) is 15.3 Å². The maximum atomic E-state index is 11.3. The zero-order valence-corrected chi connectivity index (χ0v) is 9.07. The lowest BCUT2D eigenvalue weighted by atomic mass is 10.3. The van der Waals surface area contributed by atoms with Crippen molar-refractivity contribution in [2.45, 2.75) is 6.92 Å². The van der Waals surface area contributed by atoms with Crippen molar-refractivity contribution in [2.75, 3.05) is 7.11 Å². The third kappa shape index (κ3) is 1.63. The molecule has 1 aromatic heterocycles. The summed E-state index contributed by atoms with van der Waals surface area (Å²) >= 11 is 2.93. The Hall–Kier alpha value is -1.37. The maximum Gasteiger partial charge on any atom is 0.325 e. The van der Waals surface area contributed by atoms with Crippen molar-refractivity contribution in [3.8, 4) is 5.75 Å². The minimum absolute atomic E-state index is 0.00620. The van der Waals surface area contributed by atoms with Crippen molar-refractivity contribution >= 4 is 21.6 Å². The molecule has 0 aromatic carbocycles. The Morgan fingerprint density at radius 1 is 1.64 bits per heavy atom. The molecule has 0 bridgehead atoms. The molecule has 0 aliphatic heterocycles. The zero-order chi connectivity index (χ0) is 10.9. The smallest absolute Gasteiger partial charge is 0.325 e. The van der Waals surface area contributed by atoms with E-state index in [2.05, 4.69) is 15.9 Å². The summed E-state index contributed by atoms with van der Waals surface area (Å²) in [7, 11) is 1.27. The van der Waals surface area contributed by atoms with Gasteiger partial charge in [-0.3, -0.25) is 10.1 Å². The number of nitro groups is 1. The second-order valence-electron chi connectivity index (χ2n) is 2.55. The van der Waals surface area contributed by atoms with E-state index in [-0.39, 0.29) is 21.7 Å². The summed E-state index contributed by atoms with van der Waals surface area (Å²) in [4.78, 5) is 9.99. The zero-order valence-electron chi connectivity index (χ0n) is 7.48. The highest BCUT2D eigenvalue weighted by molar-refractivity contribution is 9.10. The molecule has 0 aliphatic carbocycles. The number of halogens is 1. The molecule has 0 atom stereocenters. The van der Waals surface area contributed by atoms with E-state index in [0.717, 1.165) is 6.07 Å². The Morgan fingerprint density at radius 2 is 2.21 bits per heavy atom. The second kappa shape index (κ2) is 3.79. The van der Waals surface area contributed by atoms with Crippen LogP contribution in [0.3, 0.4) is 0 Å². The summed E-state index contributed by atoms with van der Waals surface area (Å²) in [5.41, 5.74) is -0.00616. The third-order valence-electron chi connectivity index (χ3n) is 1.67. The van der Waals surface area contributed by atoms with Gasteiger partial charge in [0.15, 0.2) is 5.69 Å². The first-order valence-corrected chi connectivity index (χ1v) is 4.39. The van der Waals surface area contributed by atoms with Gasteiger partial charge in [-0.25, -0.2) is 0 Å². The van der Waals surface area contributed by atoms with Crippen molar-refractivity contribution in [3.05, 3.63) is 31.7 Å². The van der Waals surface area contributed by atoms with Gasteiger partial charge >= 0.3 is 10.3 Å². The Bertz CT molecular complexity index is 394. The van der Waals surface area contributed by atoms with Crippen molar-refractivity contribution < 1.29 is 14.4 Å².